The number of pyridine rings is 1. The molecule has 294 valence electrons. The van der Waals surface area contributed by atoms with Gasteiger partial charge in [-0.1, -0.05) is 140 Å². The van der Waals surface area contributed by atoms with Gasteiger partial charge in [-0.15, -0.1) is 0 Å². The lowest BCUT2D eigenvalue weighted by Crippen LogP contribution is -1.93. The number of benzene rings is 9. The lowest BCUT2D eigenvalue weighted by Gasteiger charge is -2.12. The third-order valence-electron chi connectivity index (χ3n) is 12.6. The van der Waals surface area contributed by atoms with Crippen LogP contribution in [0.15, 0.2) is 227 Å². The van der Waals surface area contributed by atoms with Crippen molar-refractivity contribution in [3.8, 4) is 61.6 Å². The molecule has 0 aliphatic heterocycles. The summed E-state index contributed by atoms with van der Waals surface area (Å²) >= 11 is 0. The number of furan rings is 2. The molecule has 0 atom stereocenters. The molecule has 0 radical (unpaired) electrons. The highest BCUT2D eigenvalue weighted by molar-refractivity contribution is 6.14. The molecule has 0 amide bonds. The van der Waals surface area contributed by atoms with E-state index in [4.69, 9.17) is 13.8 Å². The monoisotopic (exact) mass is 804 g/mol. The normalized spacial score (nSPS) is 11.8. The van der Waals surface area contributed by atoms with E-state index >= 15 is 0 Å². The molecule has 0 aliphatic carbocycles. The number of aromatic nitrogens is 2. The smallest absolute Gasteiger partial charge is 0.136 e. The second kappa shape index (κ2) is 14.1. The molecule has 0 N–H and O–H groups in total. The highest BCUT2D eigenvalue weighted by atomic mass is 16.3. The van der Waals surface area contributed by atoms with Gasteiger partial charge in [0.15, 0.2) is 0 Å². The number of nitrogens with zero attached hydrogens (tertiary/aromatic N) is 2. The summed E-state index contributed by atoms with van der Waals surface area (Å²) < 4.78 is 15.3. The van der Waals surface area contributed by atoms with E-state index in [2.05, 4.69) is 205 Å². The second-order valence-electron chi connectivity index (χ2n) is 16.3. The minimum absolute atomic E-state index is 0.824. The first-order valence-electron chi connectivity index (χ1n) is 21.4. The van der Waals surface area contributed by atoms with Crippen molar-refractivity contribution in [1.29, 1.82) is 0 Å². The molecule has 63 heavy (non-hydrogen) atoms. The van der Waals surface area contributed by atoms with Crippen molar-refractivity contribution in [2.24, 2.45) is 0 Å². The van der Waals surface area contributed by atoms with E-state index in [-0.39, 0.29) is 0 Å². The number of fused-ring (bicyclic) bond motifs is 9. The molecule has 9 aromatic carbocycles. The van der Waals surface area contributed by atoms with E-state index in [0.717, 1.165) is 94.3 Å². The van der Waals surface area contributed by atoms with Crippen molar-refractivity contribution in [1.82, 2.24) is 9.55 Å². The molecule has 0 spiro atoms. The maximum absolute atomic E-state index is 6.61. The number of hydrogen-bond donors (Lipinski definition) is 0. The van der Waals surface area contributed by atoms with E-state index in [1.54, 1.807) is 0 Å². The van der Waals surface area contributed by atoms with Crippen LogP contribution in [0.3, 0.4) is 0 Å². The van der Waals surface area contributed by atoms with Gasteiger partial charge in [-0.2, -0.15) is 0 Å². The zero-order chi connectivity index (χ0) is 41.4. The minimum atomic E-state index is 0.824. The van der Waals surface area contributed by atoms with Gasteiger partial charge in [0, 0.05) is 49.1 Å². The third kappa shape index (κ3) is 5.73. The standard InChI is InChI=1S/C59H36N2O2/c1-3-14-37(15-4-1)51-34-41(38-26-29-47-46-21-10-12-24-55(46)63-58(47)36-38)35-52(60-51)48-22-13-25-57-59(48)50-33-40(28-31-56(50)62-57)44-19-8-7-18-43(44)39-27-30-54-49(32-39)45-20-9-11-23-53(45)61(54)42-16-5-2-6-17-42/h1-36H. The highest BCUT2D eigenvalue weighted by Gasteiger charge is 2.19. The van der Waals surface area contributed by atoms with Crippen molar-refractivity contribution in [3.05, 3.63) is 218 Å². The van der Waals surface area contributed by atoms with E-state index in [1.165, 1.54) is 32.9 Å². The largest absolute Gasteiger partial charge is 0.456 e. The Labute approximate surface area is 362 Å². The first kappa shape index (κ1) is 35.3. The summed E-state index contributed by atoms with van der Waals surface area (Å²) in [4.78, 5) is 5.37. The van der Waals surface area contributed by atoms with Gasteiger partial charge in [0.2, 0.25) is 0 Å². The summed E-state index contributed by atoms with van der Waals surface area (Å²) in [6.45, 7) is 0. The summed E-state index contributed by atoms with van der Waals surface area (Å²) in [6.07, 6.45) is 0. The highest BCUT2D eigenvalue weighted by Crippen LogP contribution is 2.43. The molecule has 0 bridgehead atoms. The lowest BCUT2D eigenvalue weighted by atomic mass is 9.92. The predicted molar refractivity (Wildman–Crippen MR) is 260 cm³/mol. The lowest BCUT2D eigenvalue weighted by molar-refractivity contribution is 0.668. The molecular formula is C59H36N2O2. The van der Waals surface area contributed by atoms with Crippen molar-refractivity contribution in [2.45, 2.75) is 0 Å². The molecule has 13 rings (SSSR count). The third-order valence-corrected chi connectivity index (χ3v) is 12.6. The molecule has 4 aromatic heterocycles. The van der Waals surface area contributed by atoms with Crippen LogP contribution in [-0.4, -0.2) is 9.55 Å². The maximum atomic E-state index is 6.61. The number of para-hydroxylation sites is 3. The molecule has 13 aromatic rings. The molecule has 0 saturated carbocycles. The van der Waals surface area contributed by atoms with Gasteiger partial charge >= 0.3 is 0 Å². The summed E-state index contributed by atoms with van der Waals surface area (Å²) in [5, 5.41) is 6.77. The fraction of sp³-hybridized carbons (Fsp3) is 0. The Morgan fingerprint density at radius 2 is 0.889 bits per heavy atom. The van der Waals surface area contributed by atoms with Crippen LogP contribution in [0.4, 0.5) is 0 Å². The fourth-order valence-corrected chi connectivity index (χ4v) is 9.69. The fourth-order valence-electron chi connectivity index (χ4n) is 9.69. The zero-order valence-electron chi connectivity index (χ0n) is 34.0. The van der Waals surface area contributed by atoms with E-state index in [0.29, 0.717) is 0 Å². The topological polar surface area (TPSA) is 44.1 Å². The number of hydrogen-bond acceptors (Lipinski definition) is 3. The van der Waals surface area contributed by atoms with Crippen molar-refractivity contribution < 1.29 is 8.83 Å². The van der Waals surface area contributed by atoms with Crippen LogP contribution < -0.4 is 0 Å². The van der Waals surface area contributed by atoms with Crippen LogP contribution in [-0.2, 0) is 0 Å². The van der Waals surface area contributed by atoms with Crippen LogP contribution in [0.2, 0.25) is 0 Å². The molecule has 0 aliphatic rings. The van der Waals surface area contributed by atoms with Gasteiger partial charge in [-0.3, -0.25) is 0 Å². The Kier molecular flexibility index (Phi) is 7.87. The van der Waals surface area contributed by atoms with E-state index in [1.807, 2.05) is 18.2 Å². The molecule has 4 heteroatoms. The molecule has 0 fully saturated rings. The van der Waals surface area contributed by atoms with Crippen LogP contribution in [0.1, 0.15) is 0 Å². The quantitative estimate of drug-likeness (QED) is 0.168. The first-order chi connectivity index (χ1) is 31.2. The Bertz CT molecular complexity index is 3910. The maximum Gasteiger partial charge on any atom is 0.136 e. The van der Waals surface area contributed by atoms with Crippen LogP contribution >= 0.6 is 0 Å². The Hall–Kier alpha value is -8.47. The second-order valence-corrected chi connectivity index (χ2v) is 16.3. The van der Waals surface area contributed by atoms with E-state index < -0.39 is 0 Å². The summed E-state index contributed by atoms with van der Waals surface area (Å²) in [5.41, 5.74) is 17.5. The van der Waals surface area contributed by atoms with Crippen molar-refractivity contribution >= 4 is 65.7 Å². The minimum Gasteiger partial charge on any atom is -0.456 e. The van der Waals surface area contributed by atoms with Crippen molar-refractivity contribution in [3.63, 3.8) is 0 Å². The molecule has 4 nitrogen and oxygen atoms in total. The Morgan fingerprint density at radius 3 is 1.73 bits per heavy atom. The van der Waals surface area contributed by atoms with Gasteiger partial charge < -0.3 is 13.4 Å². The first-order valence-corrected chi connectivity index (χ1v) is 21.4. The van der Waals surface area contributed by atoms with Crippen molar-refractivity contribution in [2.75, 3.05) is 0 Å². The summed E-state index contributed by atoms with van der Waals surface area (Å²) in [6, 6.07) is 77.3. The molecular weight excluding hydrogens is 769 g/mol. The Morgan fingerprint density at radius 1 is 0.302 bits per heavy atom. The average molecular weight is 805 g/mol. The number of rotatable bonds is 6. The molecule has 0 saturated heterocycles. The van der Waals surface area contributed by atoms with Gasteiger partial charge in [0.1, 0.15) is 22.3 Å². The molecule has 4 heterocycles. The van der Waals surface area contributed by atoms with Gasteiger partial charge in [-0.25, -0.2) is 4.98 Å². The predicted octanol–water partition coefficient (Wildman–Crippen LogP) is 16.3. The average Bonchev–Trinajstić information content (AvgIpc) is 4.03. The zero-order valence-corrected chi connectivity index (χ0v) is 34.0. The van der Waals surface area contributed by atoms with Crippen LogP contribution in [0.5, 0.6) is 0 Å². The SMILES string of the molecule is c1ccc(-c2cc(-c3ccc4c(c3)oc3ccccc34)cc(-c3cccc4oc5ccc(-c6ccccc6-c6ccc7c(c6)c6ccccc6n7-c6ccccc6)cc5c34)n2)cc1. The van der Waals surface area contributed by atoms with E-state index in [9.17, 15) is 0 Å². The molecule has 0 unspecified atom stereocenters. The van der Waals surface area contributed by atoms with Gasteiger partial charge in [0.25, 0.3) is 0 Å². The Balaban J connectivity index is 0.966. The van der Waals surface area contributed by atoms with Crippen LogP contribution in [0.25, 0.3) is 127 Å². The van der Waals surface area contributed by atoms with Gasteiger partial charge in [-0.05, 0) is 112 Å². The summed E-state index contributed by atoms with van der Waals surface area (Å²) in [5.74, 6) is 0. The van der Waals surface area contributed by atoms with Gasteiger partial charge in [0.05, 0.1) is 22.4 Å². The van der Waals surface area contributed by atoms with Crippen LogP contribution in [0, 0.1) is 0 Å². The summed E-state index contributed by atoms with van der Waals surface area (Å²) in [7, 11) is 0.